The number of thioether (sulfide) groups is 1. The van der Waals surface area contributed by atoms with Gasteiger partial charge in [-0.25, -0.2) is 9.18 Å². The Morgan fingerprint density at radius 1 is 1.24 bits per heavy atom. The van der Waals surface area contributed by atoms with Gasteiger partial charge >= 0.3 is 6.03 Å². The first-order chi connectivity index (χ1) is 10.1. The highest BCUT2D eigenvalue weighted by molar-refractivity contribution is 9.10. The molecule has 2 rings (SSSR count). The highest BCUT2D eigenvalue weighted by atomic mass is 79.9. The number of benzene rings is 2. The van der Waals surface area contributed by atoms with Gasteiger partial charge in [0.25, 0.3) is 0 Å². The minimum atomic E-state index is -0.369. The van der Waals surface area contributed by atoms with E-state index in [-0.39, 0.29) is 18.4 Å². The summed E-state index contributed by atoms with van der Waals surface area (Å²) >= 11 is 4.91. The van der Waals surface area contributed by atoms with Crippen molar-refractivity contribution in [3.8, 4) is 0 Å². The van der Waals surface area contributed by atoms with Crippen molar-refractivity contribution in [1.82, 2.24) is 5.32 Å². The van der Waals surface area contributed by atoms with E-state index >= 15 is 0 Å². The lowest BCUT2D eigenvalue weighted by Gasteiger charge is -2.09. The number of hydrogen-bond acceptors (Lipinski definition) is 2. The maximum absolute atomic E-state index is 13.5. The van der Waals surface area contributed by atoms with Gasteiger partial charge in [0.15, 0.2) is 0 Å². The molecule has 0 unspecified atom stereocenters. The number of rotatable bonds is 4. The predicted octanol–water partition coefficient (Wildman–Crippen LogP) is 4.63. The second kappa shape index (κ2) is 7.47. The fraction of sp³-hybridized carbons (Fsp3) is 0.133. The Morgan fingerprint density at radius 2 is 1.95 bits per heavy atom. The van der Waals surface area contributed by atoms with Crippen LogP contribution in [0.1, 0.15) is 5.56 Å². The van der Waals surface area contributed by atoms with Crippen molar-refractivity contribution in [2.45, 2.75) is 11.4 Å². The molecule has 6 heteroatoms. The second-order valence-electron chi connectivity index (χ2n) is 4.27. The van der Waals surface area contributed by atoms with Crippen LogP contribution in [0.15, 0.2) is 51.8 Å². The van der Waals surface area contributed by atoms with Gasteiger partial charge in [0.1, 0.15) is 5.82 Å². The Labute approximate surface area is 135 Å². The molecule has 0 aromatic heterocycles. The van der Waals surface area contributed by atoms with Crippen molar-refractivity contribution >= 4 is 39.4 Å². The molecule has 0 saturated carbocycles. The molecule has 0 heterocycles. The van der Waals surface area contributed by atoms with E-state index in [0.29, 0.717) is 11.3 Å². The van der Waals surface area contributed by atoms with Gasteiger partial charge in [-0.15, -0.1) is 11.8 Å². The molecule has 0 aliphatic rings. The minimum Gasteiger partial charge on any atom is -0.334 e. The number of nitrogens with one attached hydrogen (secondary N) is 2. The lowest BCUT2D eigenvalue weighted by atomic mass is 10.2. The van der Waals surface area contributed by atoms with E-state index in [0.717, 1.165) is 9.37 Å². The summed E-state index contributed by atoms with van der Waals surface area (Å²) in [5.41, 5.74) is 1.12. The molecule has 2 aromatic carbocycles. The predicted molar refractivity (Wildman–Crippen MR) is 88.2 cm³/mol. The van der Waals surface area contributed by atoms with Crippen LogP contribution in [0.4, 0.5) is 14.9 Å². The van der Waals surface area contributed by atoms with Gasteiger partial charge in [0.2, 0.25) is 0 Å². The van der Waals surface area contributed by atoms with Crippen molar-refractivity contribution < 1.29 is 9.18 Å². The Hall–Kier alpha value is -1.53. The van der Waals surface area contributed by atoms with Crippen LogP contribution in [0.3, 0.4) is 0 Å². The molecule has 0 bridgehead atoms. The molecule has 2 N–H and O–H groups in total. The van der Waals surface area contributed by atoms with Crippen molar-refractivity contribution in [1.29, 1.82) is 0 Å². The number of halogens is 2. The molecule has 0 saturated heterocycles. The number of amides is 2. The molecule has 0 spiro atoms. The summed E-state index contributed by atoms with van der Waals surface area (Å²) in [4.78, 5) is 12.9. The van der Waals surface area contributed by atoms with Crippen LogP contribution in [0.5, 0.6) is 0 Å². The topological polar surface area (TPSA) is 41.1 Å². The van der Waals surface area contributed by atoms with Crippen LogP contribution in [-0.2, 0) is 6.54 Å². The van der Waals surface area contributed by atoms with Gasteiger partial charge in [0, 0.05) is 27.2 Å². The van der Waals surface area contributed by atoms with Gasteiger partial charge < -0.3 is 10.6 Å². The van der Waals surface area contributed by atoms with Crippen molar-refractivity contribution in [3.05, 3.63) is 58.3 Å². The van der Waals surface area contributed by atoms with Crippen LogP contribution in [0, 0.1) is 5.82 Å². The molecule has 21 heavy (non-hydrogen) atoms. The summed E-state index contributed by atoms with van der Waals surface area (Å²) in [5, 5.41) is 5.33. The van der Waals surface area contributed by atoms with Crippen LogP contribution in [0.25, 0.3) is 0 Å². The van der Waals surface area contributed by atoms with E-state index in [1.54, 1.807) is 23.9 Å². The fourth-order valence-corrected chi connectivity index (χ4v) is 2.52. The van der Waals surface area contributed by atoms with Crippen LogP contribution < -0.4 is 10.6 Å². The number of urea groups is 1. The smallest absolute Gasteiger partial charge is 0.319 e. The van der Waals surface area contributed by atoms with Crippen molar-refractivity contribution in [2.75, 3.05) is 11.6 Å². The summed E-state index contributed by atoms with van der Waals surface area (Å²) < 4.78 is 14.3. The lowest BCUT2D eigenvalue weighted by Crippen LogP contribution is -2.28. The Bertz CT molecular complexity index is 634. The molecule has 0 fully saturated rings. The zero-order valence-electron chi connectivity index (χ0n) is 11.3. The molecule has 0 radical (unpaired) electrons. The molecule has 0 atom stereocenters. The highest BCUT2D eigenvalue weighted by Crippen LogP contribution is 2.18. The fourth-order valence-electron chi connectivity index (χ4n) is 1.70. The number of hydrogen-bond donors (Lipinski definition) is 2. The maximum atomic E-state index is 13.5. The number of anilines is 1. The minimum absolute atomic E-state index is 0.125. The zero-order valence-corrected chi connectivity index (χ0v) is 13.7. The maximum Gasteiger partial charge on any atom is 0.319 e. The summed E-state index contributed by atoms with van der Waals surface area (Å²) in [5.74, 6) is -0.345. The molecule has 2 amide bonds. The molecule has 0 aliphatic heterocycles. The Morgan fingerprint density at radius 3 is 2.62 bits per heavy atom. The van der Waals surface area contributed by atoms with E-state index in [1.165, 1.54) is 6.07 Å². The van der Waals surface area contributed by atoms with Gasteiger partial charge in [-0.05, 0) is 48.7 Å². The third kappa shape index (κ3) is 4.75. The zero-order chi connectivity index (χ0) is 15.2. The third-order valence-electron chi connectivity index (χ3n) is 2.80. The van der Waals surface area contributed by atoms with E-state index in [1.807, 2.05) is 30.5 Å². The average Bonchev–Trinajstić information content (AvgIpc) is 2.49. The Kier molecular flexibility index (Phi) is 5.64. The van der Waals surface area contributed by atoms with Gasteiger partial charge in [-0.1, -0.05) is 15.9 Å². The summed E-state index contributed by atoms with van der Waals surface area (Å²) in [6.07, 6.45) is 1.99. The van der Waals surface area contributed by atoms with Crippen LogP contribution in [0.2, 0.25) is 0 Å². The van der Waals surface area contributed by atoms with E-state index in [4.69, 9.17) is 0 Å². The molecule has 3 nitrogen and oxygen atoms in total. The molecule has 110 valence electrons. The van der Waals surface area contributed by atoms with Gasteiger partial charge in [-0.2, -0.15) is 0 Å². The first kappa shape index (κ1) is 15.9. The molecule has 2 aromatic rings. The number of carbonyl (C=O) groups is 1. The van der Waals surface area contributed by atoms with Crippen molar-refractivity contribution in [2.24, 2.45) is 0 Å². The third-order valence-corrected chi connectivity index (χ3v) is 4.03. The van der Waals surface area contributed by atoms with Crippen molar-refractivity contribution in [3.63, 3.8) is 0 Å². The van der Waals surface area contributed by atoms with Crippen LogP contribution >= 0.6 is 27.7 Å². The average molecular weight is 369 g/mol. The standard InChI is InChI=1S/C15H14BrFN2OS/c1-21-13-5-3-12(4-6-13)19-15(20)18-9-10-8-11(16)2-7-14(10)17/h2-8H,9H2,1H3,(H2,18,19,20). The molecular formula is C15H14BrFN2OS. The van der Waals surface area contributed by atoms with E-state index in [2.05, 4.69) is 26.6 Å². The quantitative estimate of drug-likeness (QED) is 0.772. The van der Waals surface area contributed by atoms with E-state index < -0.39 is 0 Å². The van der Waals surface area contributed by atoms with E-state index in [9.17, 15) is 9.18 Å². The molecular weight excluding hydrogens is 355 g/mol. The SMILES string of the molecule is CSc1ccc(NC(=O)NCc2cc(Br)ccc2F)cc1. The van der Waals surface area contributed by atoms with Gasteiger partial charge in [0.05, 0.1) is 0 Å². The largest absolute Gasteiger partial charge is 0.334 e. The number of carbonyl (C=O) groups excluding carboxylic acids is 1. The van der Waals surface area contributed by atoms with Crippen LogP contribution in [-0.4, -0.2) is 12.3 Å². The highest BCUT2D eigenvalue weighted by Gasteiger charge is 2.06. The Balaban J connectivity index is 1.91. The van der Waals surface area contributed by atoms with Gasteiger partial charge in [-0.3, -0.25) is 0 Å². The monoisotopic (exact) mass is 368 g/mol. The first-order valence-corrected chi connectivity index (χ1v) is 8.23. The summed E-state index contributed by atoms with van der Waals surface area (Å²) in [6.45, 7) is 0.125. The summed E-state index contributed by atoms with van der Waals surface area (Å²) in [6, 6.07) is 11.7. The summed E-state index contributed by atoms with van der Waals surface area (Å²) in [7, 11) is 0. The normalized spacial score (nSPS) is 10.2. The second-order valence-corrected chi connectivity index (χ2v) is 6.07. The molecule has 0 aliphatic carbocycles. The first-order valence-electron chi connectivity index (χ1n) is 6.21. The lowest BCUT2D eigenvalue weighted by molar-refractivity contribution is 0.251.